The molecule has 0 bridgehead atoms. The number of nitrogens with one attached hydrogen (secondary N) is 1. The van der Waals surface area contributed by atoms with Gasteiger partial charge >= 0.3 is 0 Å². The molecule has 1 aliphatic carbocycles. The highest BCUT2D eigenvalue weighted by molar-refractivity contribution is 7.92. The van der Waals surface area contributed by atoms with Gasteiger partial charge in [-0.3, -0.25) is 13.9 Å². The molecule has 3 aromatic rings. The molecule has 7 nitrogen and oxygen atoms in total. The average molecular weight is 621 g/mol. The molecule has 1 aliphatic rings. The fourth-order valence-corrected chi connectivity index (χ4v) is 6.87. The van der Waals surface area contributed by atoms with Gasteiger partial charge in [0.15, 0.2) is 0 Å². The summed E-state index contributed by atoms with van der Waals surface area (Å²) in [5.41, 5.74) is 0.617. The number of benzene rings is 3. The lowest BCUT2D eigenvalue weighted by atomic mass is 10.1. The lowest BCUT2D eigenvalue weighted by Gasteiger charge is -2.34. The van der Waals surface area contributed by atoms with E-state index in [-0.39, 0.29) is 45.5 Å². The van der Waals surface area contributed by atoms with Crippen LogP contribution >= 0.6 is 23.2 Å². The van der Waals surface area contributed by atoms with E-state index in [0.29, 0.717) is 5.56 Å². The molecule has 41 heavy (non-hydrogen) atoms. The third kappa shape index (κ3) is 7.58. The zero-order valence-electron chi connectivity index (χ0n) is 22.6. The van der Waals surface area contributed by atoms with Gasteiger partial charge in [-0.15, -0.1) is 0 Å². The van der Waals surface area contributed by atoms with Crippen LogP contribution in [0.2, 0.25) is 10.0 Å². The number of amides is 2. The number of carbonyl (C=O) groups is 2. The summed E-state index contributed by atoms with van der Waals surface area (Å²) in [6, 6.07) is 16.8. The third-order valence-electron chi connectivity index (χ3n) is 7.14. The third-order valence-corrected chi connectivity index (χ3v) is 9.47. The van der Waals surface area contributed by atoms with Gasteiger partial charge in [-0.05, 0) is 67.3 Å². The number of hydrogen-bond donors (Lipinski definition) is 1. The molecule has 1 saturated carbocycles. The topological polar surface area (TPSA) is 86.8 Å². The Balaban J connectivity index is 1.73. The Kier molecular flexibility index (Phi) is 10.3. The second-order valence-corrected chi connectivity index (χ2v) is 12.7. The Labute approximate surface area is 250 Å². The van der Waals surface area contributed by atoms with Crippen LogP contribution in [0, 0.1) is 5.82 Å². The first-order chi connectivity index (χ1) is 19.6. The number of sulfonamides is 1. The molecular formula is C30H32Cl2FN3O4S. The van der Waals surface area contributed by atoms with Crippen LogP contribution in [0.4, 0.5) is 10.1 Å². The van der Waals surface area contributed by atoms with Crippen molar-refractivity contribution in [1.29, 1.82) is 0 Å². The monoisotopic (exact) mass is 619 g/mol. The Morgan fingerprint density at radius 1 is 1.00 bits per heavy atom. The number of hydrogen-bond acceptors (Lipinski definition) is 4. The highest BCUT2D eigenvalue weighted by Crippen LogP contribution is 2.33. The van der Waals surface area contributed by atoms with Crippen LogP contribution < -0.4 is 9.62 Å². The Hall–Kier alpha value is -3.14. The number of halogens is 3. The van der Waals surface area contributed by atoms with Gasteiger partial charge in [0.25, 0.3) is 10.0 Å². The van der Waals surface area contributed by atoms with E-state index in [2.05, 4.69) is 5.32 Å². The largest absolute Gasteiger partial charge is 0.352 e. The van der Waals surface area contributed by atoms with Crippen LogP contribution in [-0.2, 0) is 26.2 Å². The molecule has 1 N–H and O–H groups in total. The van der Waals surface area contributed by atoms with E-state index < -0.39 is 34.3 Å². The van der Waals surface area contributed by atoms with E-state index in [1.165, 1.54) is 59.5 Å². The normalized spacial score (nSPS) is 14.4. The first kappa shape index (κ1) is 30.8. The number of carbonyl (C=O) groups excluding carboxylic acids is 2. The Morgan fingerprint density at radius 2 is 1.66 bits per heavy atom. The number of anilines is 1. The summed E-state index contributed by atoms with van der Waals surface area (Å²) < 4.78 is 42.3. The Bertz CT molecular complexity index is 1470. The van der Waals surface area contributed by atoms with Gasteiger partial charge in [0.05, 0.1) is 15.6 Å². The predicted molar refractivity (Wildman–Crippen MR) is 159 cm³/mol. The molecule has 1 fully saturated rings. The first-order valence-electron chi connectivity index (χ1n) is 13.5. The summed E-state index contributed by atoms with van der Waals surface area (Å²) in [5, 5.41) is 3.37. The highest BCUT2D eigenvalue weighted by atomic mass is 35.5. The van der Waals surface area contributed by atoms with Crippen molar-refractivity contribution in [3.8, 4) is 0 Å². The minimum Gasteiger partial charge on any atom is -0.352 e. The molecule has 0 aliphatic heterocycles. The van der Waals surface area contributed by atoms with Crippen LogP contribution in [0.3, 0.4) is 0 Å². The average Bonchev–Trinajstić information content (AvgIpc) is 3.47. The molecule has 0 radical (unpaired) electrons. The van der Waals surface area contributed by atoms with Crippen molar-refractivity contribution >= 4 is 50.7 Å². The molecule has 4 rings (SSSR count). The predicted octanol–water partition coefficient (Wildman–Crippen LogP) is 6.19. The first-order valence-corrected chi connectivity index (χ1v) is 15.7. The van der Waals surface area contributed by atoms with Gasteiger partial charge in [-0.1, -0.05) is 73.3 Å². The molecule has 218 valence electrons. The van der Waals surface area contributed by atoms with Crippen molar-refractivity contribution < 1.29 is 22.4 Å². The molecule has 2 amide bonds. The molecule has 0 saturated heterocycles. The van der Waals surface area contributed by atoms with Gasteiger partial charge in [-0.2, -0.15) is 0 Å². The van der Waals surface area contributed by atoms with Gasteiger partial charge in [0.2, 0.25) is 11.8 Å². The maximum absolute atomic E-state index is 14.1. The van der Waals surface area contributed by atoms with E-state index in [1.54, 1.807) is 25.1 Å². The van der Waals surface area contributed by atoms with Crippen LogP contribution in [0.25, 0.3) is 0 Å². The van der Waals surface area contributed by atoms with Crippen LogP contribution in [0.15, 0.2) is 77.7 Å². The van der Waals surface area contributed by atoms with Crippen LogP contribution in [0.5, 0.6) is 0 Å². The molecule has 0 spiro atoms. The van der Waals surface area contributed by atoms with Gasteiger partial charge < -0.3 is 10.2 Å². The summed E-state index contributed by atoms with van der Waals surface area (Å²) in [5.74, 6) is -1.38. The lowest BCUT2D eigenvalue weighted by Crippen LogP contribution is -2.53. The molecule has 1 unspecified atom stereocenters. The Morgan fingerprint density at radius 3 is 2.29 bits per heavy atom. The fourth-order valence-electron chi connectivity index (χ4n) is 4.98. The highest BCUT2D eigenvalue weighted by Gasteiger charge is 2.35. The van der Waals surface area contributed by atoms with E-state index in [0.717, 1.165) is 30.0 Å². The van der Waals surface area contributed by atoms with Crippen molar-refractivity contribution in [2.24, 2.45) is 0 Å². The molecule has 3 aromatic carbocycles. The smallest absolute Gasteiger partial charge is 0.264 e. The summed E-state index contributed by atoms with van der Waals surface area (Å²) >= 11 is 12.7. The van der Waals surface area contributed by atoms with E-state index in [4.69, 9.17) is 23.2 Å². The SMILES string of the molecule is CCC(C(=O)NC1CCCC1)N(Cc1ccc(F)cc1)C(=O)CN(c1cc(Cl)ccc1Cl)S(=O)(=O)c1ccccc1. The van der Waals surface area contributed by atoms with Gasteiger partial charge in [0.1, 0.15) is 18.4 Å². The van der Waals surface area contributed by atoms with E-state index in [9.17, 15) is 22.4 Å². The van der Waals surface area contributed by atoms with Crippen molar-refractivity contribution in [3.63, 3.8) is 0 Å². The van der Waals surface area contributed by atoms with Gasteiger partial charge in [0, 0.05) is 17.6 Å². The summed E-state index contributed by atoms with van der Waals surface area (Å²) in [4.78, 5) is 28.9. The van der Waals surface area contributed by atoms with Crippen molar-refractivity contribution in [2.45, 2.75) is 62.6 Å². The molecule has 11 heteroatoms. The van der Waals surface area contributed by atoms with Crippen LogP contribution in [0.1, 0.15) is 44.6 Å². The molecule has 0 heterocycles. The number of rotatable bonds is 11. The van der Waals surface area contributed by atoms with Crippen molar-refractivity contribution in [3.05, 3.63) is 94.2 Å². The van der Waals surface area contributed by atoms with E-state index >= 15 is 0 Å². The van der Waals surface area contributed by atoms with Crippen molar-refractivity contribution in [1.82, 2.24) is 10.2 Å². The standard InChI is InChI=1S/C30H32Cl2FN3O4S/c1-2-27(30(38)34-24-8-6-7-9-24)35(19-21-12-15-23(33)16-13-21)29(37)20-36(28-18-22(31)14-17-26(28)32)41(39,40)25-10-4-3-5-11-25/h3-5,10-18,24,27H,2,6-9,19-20H2,1H3,(H,34,38). The minimum atomic E-state index is -4.28. The second-order valence-electron chi connectivity index (χ2n) is 9.98. The molecular weight excluding hydrogens is 588 g/mol. The summed E-state index contributed by atoms with van der Waals surface area (Å²) in [7, 11) is -4.28. The lowest BCUT2D eigenvalue weighted by molar-refractivity contribution is -0.140. The maximum Gasteiger partial charge on any atom is 0.264 e. The summed E-state index contributed by atoms with van der Waals surface area (Å²) in [6.45, 7) is 1.11. The molecule has 0 aromatic heterocycles. The van der Waals surface area contributed by atoms with Gasteiger partial charge in [-0.25, -0.2) is 12.8 Å². The maximum atomic E-state index is 14.1. The minimum absolute atomic E-state index is 0.0274. The molecule has 1 atom stereocenters. The van der Waals surface area contributed by atoms with Crippen molar-refractivity contribution in [2.75, 3.05) is 10.8 Å². The zero-order chi connectivity index (χ0) is 29.6. The zero-order valence-corrected chi connectivity index (χ0v) is 24.9. The van der Waals surface area contributed by atoms with Crippen LogP contribution in [-0.4, -0.2) is 43.8 Å². The fraction of sp³-hybridized carbons (Fsp3) is 0.333. The number of nitrogens with zero attached hydrogens (tertiary/aromatic N) is 2. The van der Waals surface area contributed by atoms with E-state index in [1.807, 2.05) is 0 Å². The second kappa shape index (κ2) is 13.7. The summed E-state index contributed by atoms with van der Waals surface area (Å²) in [6.07, 6.45) is 4.06. The quantitative estimate of drug-likeness (QED) is 0.277.